The summed E-state index contributed by atoms with van der Waals surface area (Å²) in [7, 11) is 0. The second kappa shape index (κ2) is 9.27. The van der Waals surface area contributed by atoms with Gasteiger partial charge in [-0.25, -0.2) is 4.79 Å². The lowest BCUT2D eigenvalue weighted by molar-refractivity contribution is -0.122. The highest BCUT2D eigenvalue weighted by Crippen LogP contribution is 2.17. The van der Waals surface area contributed by atoms with E-state index in [-0.39, 0.29) is 24.4 Å². The molecule has 0 fully saturated rings. The zero-order valence-electron chi connectivity index (χ0n) is 13.1. The van der Waals surface area contributed by atoms with E-state index in [1.165, 1.54) is 5.56 Å². The van der Waals surface area contributed by atoms with Crippen LogP contribution in [0, 0.1) is 0 Å². The number of hydrogen-bond acceptors (Lipinski definition) is 3. The minimum absolute atomic E-state index is 0. The molecule has 0 heterocycles. The maximum absolute atomic E-state index is 11.7. The molecule has 3 amide bonds. The third-order valence-corrected chi connectivity index (χ3v) is 3.28. The van der Waals surface area contributed by atoms with Crippen LogP contribution in [-0.2, 0) is 4.79 Å². The van der Waals surface area contributed by atoms with Gasteiger partial charge < -0.3 is 22.1 Å². The van der Waals surface area contributed by atoms with Crippen molar-refractivity contribution in [3.05, 3.63) is 35.4 Å². The van der Waals surface area contributed by atoms with Crippen LogP contribution >= 0.6 is 12.4 Å². The number of amides is 3. The number of benzene rings is 1. The van der Waals surface area contributed by atoms with Crippen LogP contribution in [0.4, 0.5) is 4.79 Å². The zero-order valence-corrected chi connectivity index (χ0v) is 13.9. The molecular weight excluding hydrogens is 304 g/mol. The smallest absolute Gasteiger partial charge is 0.312 e. The molecular formula is C15H25ClN4O2. The number of nitrogens with two attached hydrogens (primary N) is 2. The van der Waals surface area contributed by atoms with Gasteiger partial charge in [-0.15, -0.1) is 12.4 Å². The molecule has 0 saturated heterocycles. The minimum Gasteiger partial charge on any atom is -0.352 e. The predicted octanol–water partition coefficient (Wildman–Crippen LogP) is 1.40. The molecule has 0 aliphatic carbocycles. The van der Waals surface area contributed by atoms with Crippen LogP contribution in [0.3, 0.4) is 0 Å². The normalized spacial score (nSPS) is 13.0. The highest BCUT2D eigenvalue weighted by Gasteiger charge is 2.15. The first-order valence-electron chi connectivity index (χ1n) is 7.00. The summed E-state index contributed by atoms with van der Waals surface area (Å²) in [6.07, 6.45) is 0. The molecule has 6 N–H and O–H groups in total. The van der Waals surface area contributed by atoms with Crippen molar-refractivity contribution in [2.75, 3.05) is 6.54 Å². The molecule has 2 atom stereocenters. The van der Waals surface area contributed by atoms with Crippen LogP contribution in [-0.4, -0.2) is 24.5 Å². The van der Waals surface area contributed by atoms with Crippen LogP contribution in [0.1, 0.15) is 43.9 Å². The molecule has 1 aromatic carbocycles. The molecule has 2 unspecified atom stereocenters. The first-order valence-corrected chi connectivity index (χ1v) is 7.00. The van der Waals surface area contributed by atoms with Crippen LogP contribution in [0.2, 0.25) is 0 Å². The first kappa shape index (κ1) is 20.2. The minimum atomic E-state index is -0.730. The molecule has 0 spiro atoms. The molecule has 0 radical (unpaired) electrons. The Labute approximate surface area is 137 Å². The van der Waals surface area contributed by atoms with Crippen LogP contribution < -0.4 is 22.1 Å². The van der Waals surface area contributed by atoms with E-state index in [1.807, 2.05) is 24.3 Å². The van der Waals surface area contributed by atoms with Crippen molar-refractivity contribution < 1.29 is 9.59 Å². The average molecular weight is 329 g/mol. The summed E-state index contributed by atoms with van der Waals surface area (Å²) < 4.78 is 0. The van der Waals surface area contributed by atoms with E-state index in [0.29, 0.717) is 12.5 Å². The maximum atomic E-state index is 11.7. The van der Waals surface area contributed by atoms with Crippen molar-refractivity contribution in [1.82, 2.24) is 10.6 Å². The molecule has 0 saturated carbocycles. The molecule has 1 aromatic rings. The van der Waals surface area contributed by atoms with Crippen LogP contribution in [0.25, 0.3) is 0 Å². The van der Waals surface area contributed by atoms with Gasteiger partial charge >= 0.3 is 6.03 Å². The molecule has 0 bridgehead atoms. The van der Waals surface area contributed by atoms with Crippen molar-refractivity contribution >= 4 is 24.3 Å². The summed E-state index contributed by atoms with van der Waals surface area (Å²) in [6.45, 7) is 6.11. The number of hydrogen-bond donors (Lipinski definition) is 4. The van der Waals surface area contributed by atoms with Gasteiger partial charge in [-0.05, 0) is 24.0 Å². The van der Waals surface area contributed by atoms with Crippen molar-refractivity contribution in [1.29, 1.82) is 0 Å². The van der Waals surface area contributed by atoms with Gasteiger partial charge in [0.25, 0.3) is 0 Å². The van der Waals surface area contributed by atoms with Gasteiger partial charge in [0.1, 0.15) is 6.04 Å². The fourth-order valence-electron chi connectivity index (χ4n) is 1.89. The number of rotatable bonds is 6. The Kier molecular flexibility index (Phi) is 8.52. The average Bonchev–Trinajstić information content (AvgIpc) is 2.43. The largest absolute Gasteiger partial charge is 0.352 e. The van der Waals surface area contributed by atoms with Gasteiger partial charge in [0.2, 0.25) is 5.91 Å². The van der Waals surface area contributed by atoms with Gasteiger partial charge in [-0.1, -0.05) is 38.1 Å². The molecule has 6 nitrogen and oxygen atoms in total. The second-order valence-electron chi connectivity index (χ2n) is 5.40. The number of primary amides is 1. The van der Waals surface area contributed by atoms with Crippen LogP contribution in [0.5, 0.6) is 0 Å². The third kappa shape index (κ3) is 6.32. The summed E-state index contributed by atoms with van der Waals surface area (Å²) in [6, 6.07) is 6.31. The van der Waals surface area contributed by atoms with E-state index in [4.69, 9.17) is 11.5 Å². The summed E-state index contributed by atoms with van der Waals surface area (Å²) in [5, 5.41) is 5.00. The van der Waals surface area contributed by atoms with Crippen molar-refractivity contribution in [3.8, 4) is 0 Å². The Morgan fingerprint density at radius 3 is 2.05 bits per heavy atom. The molecule has 124 valence electrons. The molecule has 0 aromatic heterocycles. The highest BCUT2D eigenvalue weighted by molar-refractivity contribution is 5.86. The Morgan fingerprint density at radius 1 is 1.09 bits per heavy atom. The lowest BCUT2D eigenvalue weighted by Gasteiger charge is -2.17. The lowest BCUT2D eigenvalue weighted by Crippen LogP contribution is -2.48. The van der Waals surface area contributed by atoms with E-state index >= 15 is 0 Å². The Bertz CT molecular complexity index is 491. The number of halogens is 1. The summed E-state index contributed by atoms with van der Waals surface area (Å²) in [5.74, 6) is 0.152. The topological polar surface area (TPSA) is 110 Å². The van der Waals surface area contributed by atoms with Gasteiger partial charge in [-0.3, -0.25) is 4.79 Å². The third-order valence-electron chi connectivity index (χ3n) is 3.28. The van der Waals surface area contributed by atoms with E-state index < -0.39 is 12.1 Å². The quantitative estimate of drug-likeness (QED) is 0.633. The fourth-order valence-corrected chi connectivity index (χ4v) is 1.89. The summed E-state index contributed by atoms with van der Waals surface area (Å²) in [5.41, 5.74) is 13.2. The fraction of sp³-hybridized carbons (Fsp3) is 0.467. The van der Waals surface area contributed by atoms with E-state index in [2.05, 4.69) is 24.5 Å². The van der Waals surface area contributed by atoms with Gasteiger partial charge in [0, 0.05) is 12.6 Å². The molecule has 7 heteroatoms. The summed E-state index contributed by atoms with van der Waals surface area (Å²) in [4.78, 5) is 22.4. The van der Waals surface area contributed by atoms with Gasteiger partial charge in [0.05, 0.1) is 0 Å². The number of carbonyl (C=O) groups excluding carboxylic acids is 2. The van der Waals surface area contributed by atoms with Gasteiger partial charge in [-0.2, -0.15) is 0 Å². The first-order chi connectivity index (χ1) is 9.81. The number of urea groups is 1. The van der Waals surface area contributed by atoms with Crippen LogP contribution in [0.15, 0.2) is 24.3 Å². The Balaban J connectivity index is 0.00000441. The van der Waals surface area contributed by atoms with E-state index in [1.54, 1.807) is 6.92 Å². The Morgan fingerprint density at radius 2 is 1.59 bits per heavy atom. The SMILES string of the molecule is CC(NC(N)=O)C(=O)NCC(N)c1ccc(C(C)C)cc1.Cl. The standard InChI is InChI=1S/C15H24N4O2.ClH/c1-9(2)11-4-6-12(7-5-11)13(16)8-18-14(20)10(3)19-15(17)21;/h4-7,9-10,13H,8,16H2,1-3H3,(H,18,20)(H3,17,19,21);1H. The zero-order chi connectivity index (χ0) is 16.0. The Hall–Kier alpha value is -1.79. The number of nitrogens with one attached hydrogen (secondary N) is 2. The predicted molar refractivity (Wildman–Crippen MR) is 89.9 cm³/mol. The summed E-state index contributed by atoms with van der Waals surface area (Å²) >= 11 is 0. The van der Waals surface area contributed by atoms with Crippen molar-refractivity contribution in [3.63, 3.8) is 0 Å². The second-order valence-corrected chi connectivity index (χ2v) is 5.40. The molecule has 0 aliphatic heterocycles. The lowest BCUT2D eigenvalue weighted by atomic mass is 9.99. The molecule has 22 heavy (non-hydrogen) atoms. The highest BCUT2D eigenvalue weighted by atomic mass is 35.5. The van der Waals surface area contributed by atoms with E-state index in [9.17, 15) is 9.59 Å². The van der Waals surface area contributed by atoms with E-state index in [0.717, 1.165) is 5.56 Å². The maximum Gasteiger partial charge on any atom is 0.312 e. The monoisotopic (exact) mass is 328 g/mol. The number of carbonyl (C=O) groups is 2. The van der Waals surface area contributed by atoms with Crippen molar-refractivity contribution in [2.45, 2.75) is 38.8 Å². The molecule has 0 aliphatic rings. The molecule has 1 rings (SSSR count). The van der Waals surface area contributed by atoms with Gasteiger partial charge in [0.15, 0.2) is 0 Å². The van der Waals surface area contributed by atoms with Crippen molar-refractivity contribution in [2.24, 2.45) is 11.5 Å².